The van der Waals surface area contributed by atoms with Gasteiger partial charge < -0.3 is 5.32 Å². The molecule has 1 amide bonds. The highest BCUT2D eigenvalue weighted by atomic mass is 79.9. The highest BCUT2D eigenvalue weighted by molar-refractivity contribution is 9.10. The number of carbonyl (C=O) groups is 1. The molecule has 0 saturated carbocycles. The van der Waals surface area contributed by atoms with Crippen LogP contribution in [-0.2, 0) is 0 Å². The molecule has 0 aliphatic rings. The minimum Gasteiger partial charge on any atom is -0.343 e. The Morgan fingerprint density at radius 3 is 3.00 bits per heavy atom. The first-order valence-electron chi connectivity index (χ1n) is 5.08. The van der Waals surface area contributed by atoms with Gasteiger partial charge in [-0.2, -0.15) is 5.10 Å². The van der Waals surface area contributed by atoms with Gasteiger partial charge in [-0.05, 0) is 24.6 Å². The van der Waals surface area contributed by atoms with Gasteiger partial charge in [-0.3, -0.25) is 9.89 Å². The maximum atomic E-state index is 11.7. The van der Waals surface area contributed by atoms with E-state index in [1.807, 2.05) is 31.2 Å². The summed E-state index contributed by atoms with van der Waals surface area (Å²) in [4.78, 5) is 15.5. The Labute approximate surface area is 107 Å². The lowest BCUT2D eigenvalue weighted by Crippen LogP contribution is -2.27. The maximum absolute atomic E-state index is 11.7. The normalized spacial score (nSPS) is 12.1. The lowest BCUT2D eigenvalue weighted by atomic mass is 10.1. The van der Waals surface area contributed by atoms with E-state index in [-0.39, 0.29) is 17.8 Å². The molecule has 0 radical (unpaired) electrons. The van der Waals surface area contributed by atoms with Crippen molar-refractivity contribution >= 4 is 21.8 Å². The fourth-order valence-corrected chi connectivity index (χ4v) is 1.86. The van der Waals surface area contributed by atoms with Crippen LogP contribution in [0.25, 0.3) is 0 Å². The Hall–Kier alpha value is -1.69. The van der Waals surface area contributed by atoms with Crippen LogP contribution >= 0.6 is 15.9 Å². The van der Waals surface area contributed by atoms with E-state index in [1.165, 1.54) is 6.33 Å². The molecule has 88 valence electrons. The zero-order valence-corrected chi connectivity index (χ0v) is 10.7. The van der Waals surface area contributed by atoms with E-state index in [1.54, 1.807) is 0 Å². The zero-order chi connectivity index (χ0) is 12.3. The average Bonchev–Trinajstić information content (AvgIpc) is 2.82. The van der Waals surface area contributed by atoms with Gasteiger partial charge in [0.15, 0.2) is 0 Å². The van der Waals surface area contributed by atoms with Crippen molar-refractivity contribution in [2.24, 2.45) is 0 Å². The quantitative estimate of drug-likeness (QED) is 0.910. The predicted octanol–water partition coefficient (Wildman–Crippen LogP) is 2.06. The molecule has 17 heavy (non-hydrogen) atoms. The Bertz CT molecular complexity index is 512. The minimum absolute atomic E-state index is 0.0925. The molecule has 0 spiro atoms. The number of nitrogens with one attached hydrogen (secondary N) is 2. The monoisotopic (exact) mass is 294 g/mol. The minimum atomic E-state index is -0.269. The summed E-state index contributed by atoms with van der Waals surface area (Å²) in [5.74, 6) is -0.0539. The van der Waals surface area contributed by atoms with E-state index in [0.717, 1.165) is 10.0 Å². The number of benzene rings is 1. The highest BCUT2D eigenvalue weighted by Gasteiger charge is 2.13. The third-order valence-corrected chi connectivity index (χ3v) is 2.82. The average molecular weight is 295 g/mol. The summed E-state index contributed by atoms with van der Waals surface area (Å²) in [6.45, 7) is 1.91. The Morgan fingerprint density at radius 2 is 2.35 bits per heavy atom. The van der Waals surface area contributed by atoms with Gasteiger partial charge in [0, 0.05) is 4.47 Å². The molecule has 1 atom stereocenters. The van der Waals surface area contributed by atoms with Crippen LogP contribution < -0.4 is 5.32 Å². The van der Waals surface area contributed by atoms with Gasteiger partial charge in [-0.25, -0.2) is 4.98 Å². The summed E-state index contributed by atoms with van der Waals surface area (Å²) in [5.41, 5.74) is 1.02. The van der Waals surface area contributed by atoms with Crippen LogP contribution in [0.1, 0.15) is 29.1 Å². The number of H-pyrrole nitrogens is 1. The first-order valence-corrected chi connectivity index (χ1v) is 5.88. The van der Waals surface area contributed by atoms with E-state index in [9.17, 15) is 4.79 Å². The van der Waals surface area contributed by atoms with Crippen molar-refractivity contribution in [2.75, 3.05) is 0 Å². The Kier molecular flexibility index (Phi) is 3.53. The van der Waals surface area contributed by atoms with Crippen molar-refractivity contribution in [3.8, 4) is 0 Å². The molecule has 1 aromatic carbocycles. The fourth-order valence-electron chi connectivity index (χ4n) is 1.44. The van der Waals surface area contributed by atoms with Crippen LogP contribution in [0.2, 0.25) is 0 Å². The molecule has 0 bridgehead atoms. The van der Waals surface area contributed by atoms with Gasteiger partial charge in [-0.15, -0.1) is 0 Å². The van der Waals surface area contributed by atoms with Gasteiger partial charge in [0.25, 0.3) is 5.91 Å². The molecule has 5 nitrogen and oxygen atoms in total. The molecule has 0 aliphatic carbocycles. The van der Waals surface area contributed by atoms with Crippen LogP contribution in [-0.4, -0.2) is 21.1 Å². The van der Waals surface area contributed by atoms with Gasteiger partial charge in [0.1, 0.15) is 6.33 Å². The second-order valence-electron chi connectivity index (χ2n) is 3.58. The summed E-state index contributed by atoms with van der Waals surface area (Å²) in [5, 5.41) is 8.99. The fraction of sp³-hybridized carbons (Fsp3) is 0.182. The van der Waals surface area contributed by atoms with Crippen LogP contribution in [0.5, 0.6) is 0 Å². The maximum Gasteiger partial charge on any atom is 0.289 e. The third kappa shape index (κ3) is 2.91. The predicted molar refractivity (Wildman–Crippen MR) is 66.4 cm³/mol. The Balaban J connectivity index is 2.07. The number of aromatic nitrogens is 3. The first-order chi connectivity index (χ1) is 8.16. The lowest BCUT2D eigenvalue weighted by molar-refractivity contribution is 0.0930. The molecule has 1 aromatic heterocycles. The van der Waals surface area contributed by atoms with Crippen molar-refractivity contribution < 1.29 is 4.79 Å². The molecule has 0 unspecified atom stereocenters. The molecular weight excluding hydrogens is 284 g/mol. The molecule has 1 heterocycles. The molecule has 2 aromatic rings. The number of aromatic amines is 1. The number of halogens is 1. The van der Waals surface area contributed by atoms with Crippen LogP contribution in [0.15, 0.2) is 35.1 Å². The number of carbonyl (C=O) groups excluding carboxylic acids is 1. The number of hydrogen-bond donors (Lipinski definition) is 2. The number of nitrogens with zero attached hydrogens (tertiary/aromatic N) is 2. The van der Waals surface area contributed by atoms with E-state index < -0.39 is 0 Å². The summed E-state index contributed by atoms with van der Waals surface area (Å²) in [7, 11) is 0. The zero-order valence-electron chi connectivity index (χ0n) is 9.14. The van der Waals surface area contributed by atoms with Crippen molar-refractivity contribution in [1.82, 2.24) is 20.5 Å². The van der Waals surface area contributed by atoms with E-state index >= 15 is 0 Å². The summed E-state index contributed by atoms with van der Waals surface area (Å²) in [6.07, 6.45) is 1.30. The van der Waals surface area contributed by atoms with Crippen molar-refractivity contribution in [2.45, 2.75) is 13.0 Å². The smallest absolute Gasteiger partial charge is 0.289 e. The number of amides is 1. The lowest BCUT2D eigenvalue weighted by Gasteiger charge is -2.13. The van der Waals surface area contributed by atoms with Gasteiger partial charge in [-0.1, -0.05) is 28.1 Å². The molecule has 0 fully saturated rings. The molecule has 6 heteroatoms. The van der Waals surface area contributed by atoms with E-state index in [2.05, 4.69) is 36.4 Å². The number of rotatable bonds is 3. The van der Waals surface area contributed by atoms with Gasteiger partial charge in [0.05, 0.1) is 6.04 Å². The van der Waals surface area contributed by atoms with Crippen LogP contribution in [0, 0.1) is 0 Å². The summed E-state index contributed by atoms with van der Waals surface area (Å²) >= 11 is 3.39. The SMILES string of the molecule is C[C@H](NC(=O)c1ncn[nH]1)c1cccc(Br)c1. The second kappa shape index (κ2) is 5.09. The summed E-state index contributed by atoms with van der Waals surface area (Å²) in [6, 6.07) is 7.69. The van der Waals surface area contributed by atoms with E-state index in [4.69, 9.17) is 0 Å². The summed E-state index contributed by atoms with van der Waals surface area (Å²) < 4.78 is 0.982. The highest BCUT2D eigenvalue weighted by Crippen LogP contribution is 2.17. The van der Waals surface area contributed by atoms with E-state index in [0.29, 0.717) is 0 Å². The topological polar surface area (TPSA) is 70.7 Å². The largest absolute Gasteiger partial charge is 0.343 e. The van der Waals surface area contributed by atoms with Crippen molar-refractivity contribution in [1.29, 1.82) is 0 Å². The molecular formula is C11H11BrN4O. The van der Waals surface area contributed by atoms with Crippen LogP contribution in [0.3, 0.4) is 0 Å². The number of hydrogen-bond acceptors (Lipinski definition) is 3. The molecule has 0 saturated heterocycles. The molecule has 2 N–H and O–H groups in total. The second-order valence-corrected chi connectivity index (χ2v) is 4.50. The third-order valence-electron chi connectivity index (χ3n) is 2.33. The van der Waals surface area contributed by atoms with Crippen molar-refractivity contribution in [3.05, 3.63) is 46.5 Å². The molecule has 0 aliphatic heterocycles. The van der Waals surface area contributed by atoms with Gasteiger partial charge >= 0.3 is 0 Å². The van der Waals surface area contributed by atoms with Gasteiger partial charge in [0.2, 0.25) is 5.82 Å². The first kappa shape index (κ1) is 11.8. The molecule has 2 rings (SSSR count). The standard InChI is InChI=1S/C11H11BrN4O/c1-7(8-3-2-4-9(12)5-8)15-11(17)10-13-6-14-16-10/h2-7H,1H3,(H,15,17)(H,13,14,16)/t7-/m0/s1. The van der Waals surface area contributed by atoms with Crippen molar-refractivity contribution in [3.63, 3.8) is 0 Å². The van der Waals surface area contributed by atoms with Crippen LogP contribution in [0.4, 0.5) is 0 Å². The Morgan fingerprint density at radius 1 is 1.53 bits per heavy atom.